The molecule has 0 aromatic heterocycles. The zero-order valence-electron chi connectivity index (χ0n) is 10.6. The third kappa shape index (κ3) is 8.37. The monoisotopic (exact) mass is 247 g/mol. The van der Waals surface area contributed by atoms with Crippen LogP contribution in [0.2, 0.25) is 0 Å². The predicted molar refractivity (Wildman–Crippen MR) is 70.2 cm³/mol. The van der Waals surface area contributed by atoms with E-state index in [9.17, 15) is 0 Å². The maximum atomic E-state index is 5.63. The Kier molecular flexibility index (Phi) is 8.26. The van der Waals surface area contributed by atoms with Gasteiger partial charge in [-0.25, -0.2) is 0 Å². The van der Waals surface area contributed by atoms with Crippen LogP contribution in [-0.2, 0) is 4.74 Å². The number of hydrogen-bond acceptors (Lipinski definition) is 2. The molecule has 1 fully saturated rings. The zero-order chi connectivity index (χ0) is 11.6. The van der Waals surface area contributed by atoms with Crippen molar-refractivity contribution < 1.29 is 4.74 Å². The lowest BCUT2D eigenvalue weighted by atomic mass is 10.2. The van der Waals surface area contributed by atoms with Gasteiger partial charge < -0.3 is 9.64 Å². The number of alkyl halides is 1. The summed E-state index contributed by atoms with van der Waals surface area (Å²) in [4.78, 5) is 2.37. The van der Waals surface area contributed by atoms with Crippen LogP contribution >= 0.6 is 11.6 Å². The van der Waals surface area contributed by atoms with Gasteiger partial charge in [0.05, 0.1) is 6.61 Å². The molecule has 0 heterocycles. The van der Waals surface area contributed by atoms with Crippen molar-refractivity contribution in [1.82, 2.24) is 4.90 Å². The number of unbranched alkanes of at least 4 members (excludes halogenated alkanes) is 3. The van der Waals surface area contributed by atoms with Gasteiger partial charge in [-0.1, -0.05) is 12.8 Å². The average molecular weight is 248 g/mol. The lowest BCUT2D eigenvalue weighted by Gasteiger charge is -2.16. The lowest BCUT2D eigenvalue weighted by molar-refractivity contribution is 0.103. The van der Waals surface area contributed by atoms with Crippen LogP contribution in [0.3, 0.4) is 0 Å². The highest BCUT2D eigenvalue weighted by atomic mass is 35.5. The van der Waals surface area contributed by atoms with Gasteiger partial charge in [0.1, 0.15) is 0 Å². The molecule has 1 aliphatic rings. The van der Waals surface area contributed by atoms with Crippen LogP contribution in [-0.4, -0.2) is 44.1 Å². The molecule has 16 heavy (non-hydrogen) atoms. The normalized spacial score (nSPS) is 15.9. The third-order valence-electron chi connectivity index (χ3n) is 3.09. The molecule has 96 valence electrons. The van der Waals surface area contributed by atoms with E-state index >= 15 is 0 Å². The second kappa shape index (κ2) is 9.26. The number of ether oxygens (including phenoxy) is 1. The van der Waals surface area contributed by atoms with E-state index in [-0.39, 0.29) is 0 Å². The van der Waals surface area contributed by atoms with Gasteiger partial charge in [-0.05, 0) is 45.2 Å². The van der Waals surface area contributed by atoms with Crippen LogP contribution in [0, 0.1) is 5.92 Å². The first-order valence-electron chi connectivity index (χ1n) is 6.65. The molecule has 1 rings (SSSR count). The summed E-state index contributed by atoms with van der Waals surface area (Å²) >= 11 is 5.63. The number of likely N-dealkylation sites (N-methyl/N-ethyl adjacent to an activating group) is 1. The Labute approximate surface area is 105 Å². The van der Waals surface area contributed by atoms with Gasteiger partial charge in [-0.2, -0.15) is 0 Å². The summed E-state index contributed by atoms with van der Waals surface area (Å²) in [6.07, 6.45) is 7.80. The van der Waals surface area contributed by atoms with E-state index in [0.29, 0.717) is 0 Å². The molecule has 0 aromatic rings. The molecule has 0 unspecified atom stereocenters. The topological polar surface area (TPSA) is 12.5 Å². The van der Waals surface area contributed by atoms with Crippen LogP contribution in [0.5, 0.6) is 0 Å². The van der Waals surface area contributed by atoms with Crippen molar-refractivity contribution in [2.75, 3.05) is 39.2 Å². The standard InChI is InChI=1S/C13H26ClNO/c1-15(9-5-3-2-4-8-14)10-11-16-12-13-6-7-13/h13H,2-12H2,1H3. The minimum absolute atomic E-state index is 0.810. The third-order valence-corrected chi connectivity index (χ3v) is 3.36. The molecule has 0 atom stereocenters. The molecule has 0 spiro atoms. The Balaban J connectivity index is 1.76. The molecule has 0 aromatic carbocycles. The van der Waals surface area contributed by atoms with Crippen molar-refractivity contribution in [3.63, 3.8) is 0 Å². The van der Waals surface area contributed by atoms with Crippen LogP contribution in [0.25, 0.3) is 0 Å². The molecule has 0 saturated heterocycles. The molecule has 3 heteroatoms. The van der Waals surface area contributed by atoms with Crippen molar-refractivity contribution in [2.45, 2.75) is 38.5 Å². The molecule has 0 aliphatic heterocycles. The summed E-state index contributed by atoms with van der Waals surface area (Å²) in [5.41, 5.74) is 0. The van der Waals surface area contributed by atoms with Crippen molar-refractivity contribution in [2.24, 2.45) is 5.92 Å². The van der Waals surface area contributed by atoms with E-state index in [0.717, 1.165) is 38.0 Å². The van der Waals surface area contributed by atoms with E-state index in [1.165, 1.54) is 38.6 Å². The Bertz CT molecular complexity index is 162. The van der Waals surface area contributed by atoms with Crippen molar-refractivity contribution in [1.29, 1.82) is 0 Å². The fraction of sp³-hybridized carbons (Fsp3) is 1.00. The first-order chi connectivity index (χ1) is 7.83. The van der Waals surface area contributed by atoms with Crippen LogP contribution < -0.4 is 0 Å². The number of hydrogen-bond donors (Lipinski definition) is 0. The van der Waals surface area contributed by atoms with Gasteiger partial charge in [-0.3, -0.25) is 0 Å². The molecule has 2 nitrogen and oxygen atoms in total. The van der Waals surface area contributed by atoms with E-state index in [2.05, 4.69) is 11.9 Å². The number of halogens is 1. The molecular weight excluding hydrogens is 222 g/mol. The van der Waals surface area contributed by atoms with Crippen LogP contribution in [0.15, 0.2) is 0 Å². The van der Waals surface area contributed by atoms with Gasteiger partial charge in [0, 0.05) is 19.0 Å². The predicted octanol–water partition coefficient (Wildman–Crippen LogP) is 3.14. The molecule has 0 amide bonds. The van der Waals surface area contributed by atoms with Crippen molar-refractivity contribution in [3.05, 3.63) is 0 Å². The highest BCUT2D eigenvalue weighted by molar-refractivity contribution is 6.17. The maximum absolute atomic E-state index is 5.63. The van der Waals surface area contributed by atoms with E-state index in [4.69, 9.17) is 16.3 Å². The molecule has 1 saturated carbocycles. The fourth-order valence-corrected chi connectivity index (χ4v) is 1.89. The largest absolute Gasteiger partial charge is 0.380 e. The molecule has 0 N–H and O–H groups in total. The lowest BCUT2D eigenvalue weighted by Crippen LogP contribution is -2.24. The highest BCUT2D eigenvalue weighted by Crippen LogP contribution is 2.28. The van der Waals surface area contributed by atoms with Gasteiger partial charge in [0.2, 0.25) is 0 Å². The number of nitrogens with zero attached hydrogens (tertiary/aromatic N) is 1. The zero-order valence-corrected chi connectivity index (χ0v) is 11.3. The van der Waals surface area contributed by atoms with Gasteiger partial charge in [-0.15, -0.1) is 11.6 Å². The average Bonchev–Trinajstić information content (AvgIpc) is 3.08. The summed E-state index contributed by atoms with van der Waals surface area (Å²) in [6, 6.07) is 0. The summed E-state index contributed by atoms with van der Waals surface area (Å²) in [5.74, 6) is 1.70. The van der Waals surface area contributed by atoms with Gasteiger partial charge >= 0.3 is 0 Å². The first-order valence-corrected chi connectivity index (χ1v) is 7.18. The minimum atomic E-state index is 0.810. The fourth-order valence-electron chi connectivity index (χ4n) is 1.70. The van der Waals surface area contributed by atoms with Crippen LogP contribution in [0.1, 0.15) is 38.5 Å². The molecule has 1 aliphatic carbocycles. The minimum Gasteiger partial charge on any atom is -0.380 e. The van der Waals surface area contributed by atoms with Crippen molar-refractivity contribution >= 4 is 11.6 Å². The van der Waals surface area contributed by atoms with Gasteiger partial charge in [0.25, 0.3) is 0 Å². The first kappa shape index (κ1) is 14.3. The second-order valence-electron chi connectivity index (χ2n) is 4.92. The quantitative estimate of drug-likeness (QED) is 0.411. The molecule has 0 bridgehead atoms. The SMILES string of the molecule is CN(CCCCCCCl)CCOCC1CC1. The summed E-state index contributed by atoms with van der Waals surface area (Å²) in [6.45, 7) is 4.15. The van der Waals surface area contributed by atoms with Gasteiger partial charge in [0.15, 0.2) is 0 Å². The Morgan fingerprint density at radius 3 is 2.56 bits per heavy atom. The molecule has 0 radical (unpaired) electrons. The smallest absolute Gasteiger partial charge is 0.0593 e. The summed E-state index contributed by atoms with van der Waals surface area (Å²) in [7, 11) is 2.18. The number of rotatable bonds is 11. The van der Waals surface area contributed by atoms with Crippen LogP contribution in [0.4, 0.5) is 0 Å². The van der Waals surface area contributed by atoms with Crippen molar-refractivity contribution in [3.8, 4) is 0 Å². The summed E-state index contributed by atoms with van der Waals surface area (Å²) in [5, 5.41) is 0. The van der Waals surface area contributed by atoms with E-state index < -0.39 is 0 Å². The highest BCUT2D eigenvalue weighted by Gasteiger charge is 2.20. The second-order valence-corrected chi connectivity index (χ2v) is 5.30. The Morgan fingerprint density at radius 2 is 1.88 bits per heavy atom. The Hall–Kier alpha value is 0.210. The maximum Gasteiger partial charge on any atom is 0.0593 e. The van der Waals surface area contributed by atoms with E-state index in [1.807, 2.05) is 0 Å². The molecular formula is C13H26ClNO. The van der Waals surface area contributed by atoms with E-state index in [1.54, 1.807) is 0 Å². The Morgan fingerprint density at radius 1 is 1.12 bits per heavy atom. The summed E-state index contributed by atoms with van der Waals surface area (Å²) < 4.78 is 5.61.